The van der Waals surface area contributed by atoms with Gasteiger partial charge >= 0.3 is 6.16 Å². The van der Waals surface area contributed by atoms with Crippen molar-refractivity contribution in [3.05, 3.63) is 0 Å². The zero-order valence-electron chi connectivity index (χ0n) is 9.06. The van der Waals surface area contributed by atoms with Crippen LogP contribution in [-0.2, 0) is 19.2 Å². The Hall–Kier alpha value is -0.470. The molecule has 0 aromatic heterocycles. The smallest absolute Gasteiger partial charge is 0.430 e. The molecule has 1 aliphatic heterocycles. The van der Waals surface area contributed by atoms with E-state index >= 15 is 0 Å². The third kappa shape index (κ3) is 4.33. The van der Waals surface area contributed by atoms with Crippen LogP contribution in [0.2, 0.25) is 0 Å². The SMILES string of the molecule is CC(OC(=O)OCC(Cl)(Cl)Cl)[C@@H]1C(=O)N[C@@H]1OO. The third-order valence-corrected chi connectivity index (χ3v) is 2.50. The van der Waals surface area contributed by atoms with Crippen molar-refractivity contribution in [1.82, 2.24) is 5.32 Å². The molecule has 7 nitrogen and oxygen atoms in total. The molecule has 1 aliphatic rings. The van der Waals surface area contributed by atoms with Crippen molar-refractivity contribution >= 4 is 46.9 Å². The molecule has 0 saturated carbocycles. The minimum Gasteiger partial charge on any atom is -0.430 e. The van der Waals surface area contributed by atoms with Gasteiger partial charge in [0.1, 0.15) is 18.6 Å². The van der Waals surface area contributed by atoms with Gasteiger partial charge in [-0.2, -0.15) is 0 Å². The summed E-state index contributed by atoms with van der Waals surface area (Å²) in [5.74, 6) is -1.24. The lowest BCUT2D eigenvalue weighted by atomic mass is 9.93. The second-order valence-corrected chi connectivity index (χ2v) is 6.05. The van der Waals surface area contributed by atoms with Crippen LogP contribution in [0.4, 0.5) is 4.79 Å². The maximum Gasteiger partial charge on any atom is 0.508 e. The van der Waals surface area contributed by atoms with Gasteiger partial charge in [-0.3, -0.25) is 4.79 Å². The average Bonchev–Trinajstić information content (AvgIpc) is 2.21. The second kappa shape index (κ2) is 6.12. The van der Waals surface area contributed by atoms with Crippen LogP contribution in [0.3, 0.4) is 0 Å². The van der Waals surface area contributed by atoms with Crippen molar-refractivity contribution in [2.24, 2.45) is 5.92 Å². The highest BCUT2D eigenvalue weighted by molar-refractivity contribution is 6.67. The molecule has 0 aliphatic carbocycles. The van der Waals surface area contributed by atoms with Crippen LogP contribution in [0.1, 0.15) is 6.92 Å². The first-order valence-corrected chi connectivity index (χ1v) is 5.88. The van der Waals surface area contributed by atoms with Crippen LogP contribution >= 0.6 is 34.8 Å². The second-order valence-electron chi connectivity index (χ2n) is 3.54. The van der Waals surface area contributed by atoms with E-state index in [1.165, 1.54) is 6.92 Å². The van der Waals surface area contributed by atoms with Gasteiger partial charge in [-0.25, -0.2) is 14.9 Å². The van der Waals surface area contributed by atoms with E-state index in [4.69, 9.17) is 44.8 Å². The lowest BCUT2D eigenvalue weighted by Crippen LogP contribution is -2.63. The molecule has 1 rings (SSSR count). The summed E-state index contributed by atoms with van der Waals surface area (Å²) in [5, 5.41) is 10.7. The Kier molecular flexibility index (Phi) is 5.30. The molecule has 0 aromatic rings. The monoisotopic (exact) mass is 321 g/mol. The van der Waals surface area contributed by atoms with E-state index in [9.17, 15) is 9.59 Å². The maximum atomic E-state index is 11.2. The predicted molar refractivity (Wildman–Crippen MR) is 61.3 cm³/mol. The van der Waals surface area contributed by atoms with Crippen molar-refractivity contribution in [2.75, 3.05) is 6.61 Å². The number of carbonyl (C=O) groups excluding carboxylic acids is 2. The summed E-state index contributed by atoms with van der Waals surface area (Å²) in [7, 11) is 0. The molecule has 1 fully saturated rings. The Morgan fingerprint density at radius 2 is 2.17 bits per heavy atom. The minimum absolute atomic E-state index is 0.421. The molecular weight excluding hydrogens is 312 g/mol. The maximum absolute atomic E-state index is 11.2. The first-order valence-electron chi connectivity index (χ1n) is 4.75. The number of halogens is 3. The van der Waals surface area contributed by atoms with Crippen molar-refractivity contribution in [3.63, 3.8) is 0 Å². The van der Waals surface area contributed by atoms with Gasteiger partial charge in [0.05, 0.1) is 0 Å². The Morgan fingerprint density at radius 1 is 1.56 bits per heavy atom. The van der Waals surface area contributed by atoms with E-state index in [1.807, 2.05) is 0 Å². The first-order chi connectivity index (χ1) is 8.24. The van der Waals surface area contributed by atoms with E-state index < -0.39 is 40.7 Å². The highest BCUT2D eigenvalue weighted by Gasteiger charge is 2.46. The van der Waals surface area contributed by atoms with Crippen molar-refractivity contribution in [2.45, 2.75) is 23.0 Å². The van der Waals surface area contributed by atoms with Gasteiger partial charge in [-0.15, -0.1) is 0 Å². The summed E-state index contributed by atoms with van der Waals surface area (Å²) in [5.41, 5.74) is 0. The van der Waals surface area contributed by atoms with Crippen LogP contribution in [0, 0.1) is 5.92 Å². The lowest BCUT2D eigenvalue weighted by molar-refractivity contribution is -0.313. The van der Waals surface area contributed by atoms with Crippen LogP contribution in [0.5, 0.6) is 0 Å². The molecule has 0 aromatic carbocycles. The lowest BCUT2D eigenvalue weighted by Gasteiger charge is -2.36. The largest absolute Gasteiger partial charge is 0.508 e. The van der Waals surface area contributed by atoms with Crippen LogP contribution in [0.15, 0.2) is 0 Å². The van der Waals surface area contributed by atoms with E-state index in [0.29, 0.717) is 0 Å². The molecule has 2 N–H and O–H groups in total. The van der Waals surface area contributed by atoms with Gasteiger partial charge in [0.15, 0.2) is 6.23 Å². The molecule has 1 unspecified atom stereocenters. The summed E-state index contributed by atoms with van der Waals surface area (Å²) >= 11 is 16.1. The van der Waals surface area contributed by atoms with E-state index in [0.717, 1.165) is 0 Å². The molecule has 1 amide bonds. The molecule has 1 saturated heterocycles. The Balaban J connectivity index is 2.38. The Bertz CT molecular complexity index is 333. The number of β-lactam (4-membered cyclic amide) rings is 1. The zero-order chi connectivity index (χ0) is 13.9. The van der Waals surface area contributed by atoms with Crippen LogP contribution in [0.25, 0.3) is 0 Å². The standard InChI is InChI=1S/C8H10Cl3NO6/c1-3(4-5(13)12-6(4)18-15)17-7(14)16-2-8(9,10)11/h3-4,6,15H,2H2,1H3,(H,12,13)/t3?,4-,6-/m1/s1. The first kappa shape index (κ1) is 15.6. The van der Waals surface area contributed by atoms with Crippen LogP contribution in [-0.4, -0.2) is 40.1 Å². The molecule has 0 spiro atoms. The quantitative estimate of drug-likeness (QED) is 0.267. The molecular formula is C8H10Cl3NO6. The summed E-state index contributed by atoms with van der Waals surface area (Å²) < 4.78 is 7.53. The fourth-order valence-corrected chi connectivity index (χ4v) is 1.48. The number of nitrogens with one attached hydrogen (secondary N) is 1. The number of hydrogen-bond acceptors (Lipinski definition) is 6. The van der Waals surface area contributed by atoms with E-state index in [-0.39, 0.29) is 0 Å². The minimum atomic E-state index is -1.74. The number of amides is 1. The zero-order valence-corrected chi connectivity index (χ0v) is 11.3. The highest BCUT2D eigenvalue weighted by Crippen LogP contribution is 2.26. The van der Waals surface area contributed by atoms with Gasteiger partial charge in [0.25, 0.3) is 0 Å². The van der Waals surface area contributed by atoms with Crippen LogP contribution < -0.4 is 5.32 Å². The van der Waals surface area contributed by atoms with E-state index in [2.05, 4.69) is 14.9 Å². The van der Waals surface area contributed by atoms with Gasteiger partial charge in [-0.05, 0) is 6.92 Å². The average molecular weight is 323 g/mol. The molecule has 18 heavy (non-hydrogen) atoms. The third-order valence-electron chi connectivity index (χ3n) is 2.17. The molecule has 0 radical (unpaired) electrons. The Morgan fingerprint density at radius 3 is 2.61 bits per heavy atom. The number of alkyl halides is 3. The highest BCUT2D eigenvalue weighted by atomic mass is 35.6. The van der Waals surface area contributed by atoms with Gasteiger partial charge in [0.2, 0.25) is 9.70 Å². The summed E-state index contributed by atoms with van der Waals surface area (Å²) in [6.45, 7) is 0.950. The Labute approximate surface area is 117 Å². The van der Waals surface area contributed by atoms with Crippen molar-refractivity contribution in [3.8, 4) is 0 Å². The van der Waals surface area contributed by atoms with Gasteiger partial charge in [-0.1, -0.05) is 34.8 Å². The fraction of sp³-hybridized carbons (Fsp3) is 0.750. The van der Waals surface area contributed by atoms with Crippen molar-refractivity contribution in [1.29, 1.82) is 0 Å². The van der Waals surface area contributed by atoms with Gasteiger partial charge in [0, 0.05) is 0 Å². The molecule has 104 valence electrons. The van der Waals surface area contributed by atoms with E-state index in [1.54, 1.807) is 0 Å². The van der Waals surface area contributed by atoms with Gasteiger partial charge < -0.3 is 14.8 Å². The molecule has 3 atom stereocenters. The summed E-state index contributed by atoms with van der Waals surface area (Å²) in [6.07, 6.45) is -2.88. The fourth-order valence-electron chi connectivity index (χ4n) is 1.32. The topological polar surface area (TPSA) is 94.1 Å². The number of rotatable bonds is 4. The number of hydrogen-bond donors (Lipinski definition) is 2. The summed E-state index contributed by atoms with van der Waals surface area (Å²) in [6, 6.07) is 0. The number of ether oxygens (including phenoxy) is 2. The summed E-state index contributed by atoms with van der Waals surface area (Å²) in [4.78, 5) is 26.3. The normalized spacial score (nSPS) is 24.8. The molecule has 10 heteroatoms. The molecule has 0 bridgehead atoms. The molecule has 1 heterocycles. The predicted octanol–water partition coefficient (Wildman–Crippen LogP) is 1.46. The van der Waals surface area contributed by atoms with Crippen molar-refractivity contribution < 1.29 is 29.2 Å². The number of carbonyl (C=O) groups is 2.